The number of hydrogen-bond acceptors (Lipinski definition) is 2. The maximum absolute atomic E-state index is 12.4. The number of carbonyl (C=O) groups is 1. The van der Waals surface area contributed by atoms with Gasteiger partial charge in [0.25, 0.3) is 0 Å². The van der Waals surface area contributed by atoms with Crippen molar-refractivity contribution in [2.24, 2.45) is 11.8 Å². The molecular formula is C17H24N2O. The van der Waals surface area contributed by atoms with Crippen LogP contribution in [-0.4, -0.2) is 24.5 Å². The van der Waals surface area contributed by atoms with Crippen LogP contribution in [0.4, 0.5) is 0 Å². The zero-order chi connectivity index (χ0) is 13.9. The normalized spacial score (nSPS) is 29.9. The highest BCUT2D eigenvalue weighted by Gasteiger charge is 2.42. The van der Waals surface area contributed by atoms with Crippen molar-refractivity contribution in [2.75, 3.05) is 6.54 Å². The minimum atomic E-state index is 0.0423. The SMILES string of the molecule is CC(Cc1ccccc1)NC(=O)C1NCC2CCCC21. The second-order valence-corrected chi connectivity index (χ2v) is 6.34. The second kappa shape index (κ2) is 5.96. The largest absolute Gasteiger partial charge is 0.352 e. The predicted molar refractivity (Wildman–Crippen MR) is 80.4 cm³/mol. The van der Waals surface area contributed by atoms with Gasteiger partial charge in [-0.15, -0.1) is 0 Å². The lowest BCUT2D eigenvalue weighted by molar-refractivity contribution is -0.124. The van der Waals surface area contributed by atoms with Gasteiger partial charge in [-0.05, 0) is 50.1 Å². The van der Waals surface area contributed by atoms with Crippen molar-refractivity contribution in [1.29, 1.82) is 0 Å². The molecule has 1 amide bonds. The molecule has 1 aromatic rings. The van der Waals surface area contributed by atoms with E-state index in [0.717, 1.165) is 18.9 Å². The van der Waals surface area contributed by atoms with Crippen LogP contribution in [0.2, 0.25) is 0 Å². The Kier molecular flexibility index (Phi) is 4.06. The van der Waals surface area contributed by atoms with Crippen LogP contribution in [-0.2, 0) is 11.2 Å². The minimum absolute atomic E-state index is 0.0423. The number of amides is 1. The molecule has 1 saturated carbocycles. The zero-order valence-electron chi connectivity index (χ0n) is 12.1. The van der Waals surface area contributed by atoms with E-state index < -0.39 is 0 Å². The summed E-state index contributed by atoms with van der Waals surface area (Å²) in [5.74, 6) is 1.50. The Hall–Kier alpha value is -1.35. The van der Waals surface area contributed by atoms with Gasteiger partial charge in [-0.25, -0.2) is 0 Å². The highest BCUT2D eigenvalue weighted by molar-refractivity contribution is 5.82. The van der Waals surface area contributed by atoms with Crippen molar-refractivity contribution in [1.82, 2.24) is 10.6 Å². The summed E-state index contributed by atoms with van der Waals surface area (Å²) >= 11 is 0. The van der Waals surface area contributed by atoms with E-state index >= 15 is 0 Å². The molecule has 2 N–H and O–H groups in total. The molecule has 0 radical (unpaired) electrons. The fourth-order valence-corrected chi connectivity index (χ4v) is 3.83. The quantitative estimate of drug-likeness (QED) is 0.881. The number of nitrogens with one attached hydrogen (secondary N) is 2. The molecule has 1 aliphatic heterocycles. The van der Waals surface area contributed by atoms with Gasteiger partial charge in [0.15, 0.2) is 0 Å². The van der Waals surface area contributed by atoms with Gasteiger partial charge in [0.2, 0.25) is 5.91 Å². The molecule has 0 bridgehead atoms. The number of fused-ring (bicyclic) bond motifs is 1. The number of benzene rings is 1. The Balaban J connectivity index is 1.53. The van der Waals surface area contributed by atoms with Crippen LogP contribution in [0.5, 0.6) is 0 Å². The Labute approximate surface area is 121 Å². The summed E-state index contributed by atoms with van der Waals surface area (Å²) in [7, 11) is 0. The van der Waals surface area contributed by atoms with E-state index in [4.69, 9.17) is 0 Å². The molecule has 4 unspecified atom stereocenters. The average molecular weight is 272 g/mol. The molecule has 0 spiro atoms. The summed E-state index contributed by atoms with van der Waals surface area (Å²) in [6, 6.07) is 10.6. The fraction of sp³-hybridized carbons (Fsp3) is 0.588. The average Bonchev–Trinajstić information content (AvgIpc) is 3.01. The van der Waals surface area contributed by atoms with Gasteiger partial charge in [0.1, 0.15) is 0 Å². The van der Waals surface area contributed by atoms with Gasteiger partial charge in [-0.3, -0.25) is 4.79 Å². The maximum Gasteiger partial charge on any atom is 0.237 e. The number of rotatable bonds is 4. The smallest absolute Gasteiger partial charge is 0.237 e. The van der Waals surface area contributed by atoms with E-state index in [1.165, 1.54) is 24.8 Å². The van der Waals surface area contributed by atoms with Crippen molar-refractivity contribution in [3.05, 3.63) is 35.9 Å². The predicted octanol–water partition coefficient (Wildman–Crippen LogP) is 2.12. The molecule has 20 heavy (non-hydrogen) atoms. The molecule has 2 aliphatic rings. The molecule has 1 aliphatic carbocycles. The highest BCUT2D eigenvalue weighted by Crippen LogP contribution is 2.37. The molecule has 108 valence electrons. The lowest BCUT2D eigenvalue weighted by Gasteiger charge is -2.21. The molecule has 1 saturated heterocycles. The van der Waals surface area contributed by atoms with Crippen molar-refractivity contribution in [3.8, 4) is 0 Å². The highest BCUT2D eigenvalue weighted by atomic mass is 16.2. The lowest BCUT2D eigenvalue weighted by atomic mass is 9.93. The van der Waals surface area contributed by atoms with Crippen LogP contribution in [0.1, 0.15) is 31.7 Å². The summed E-state index contributed by atoms with van der Waals surface area (Å²) < 4.78 is 0. The van der Waals surface area contributed by atoms with Crippen molar-refractivity contribution in [2.45, 2.75) is 44.7 Å². The molecular weight excluding hydrogens is 248 g/mol. The van der Waals surface area contributed by atoms with Crippen LogP contribution in [0, 0.1) is 11.8 Å². The van der Waals surface area contributed by atoms with E-state index in [1.807, 2.05) is 18.2 Å². The third-order valence-electron chi connectivity index (χ3n) is 4.80. The Morgan fingerprint density at radius 1 is 1.35 bits per heavy atom. The van der Waals surface area contributed by atoms with Crippen molar-refractivity contribution < 1.29 is 4.79 Å². The first kappa shape index (κ1) is 13.6. The zero-order valence-corrected chi connectivity index (χ0v) is 12.1. The molecule has 4 atom stereocenters. The van der Waals surface area contributed by atoms with Gasteiger partial charge in [-0.1, -0.05) is 36.8 Å². The molecule has 2 fully saturated rings. The standard InChI is InChI=1S/C17H24N2O/c1-12(10-13-6-3-2-4-7-13)19-17(20)16-15-9-5-8-14(15)11-18-16/h2-4,6-7,12,14-16,18H,5,8-11H2,1H3,(H,19,20). The van der Waals surface area contributed by atoms with Crippen LogP contribution in [0.15, 0.2) is 30.3 Å². The third kappa shape index (κ3) is 2.88. The first-order valence-electron chi connectivity index (χ1n) is 7.81. The molecule has 0 aromatic heterocycles. The summed E-state index contributed by atoms with van der Waals surface area (Å²) in [4.78, 5) is 12.4. The monoisotopic (exact) mass is 272 g/mol. The van der Waals surface area contributed by atoms with Gasteiger partial charge in [0, 0.05) is 6.04 Å². The second-order valence-electron chi connectivity index (χ2n) is 6.34. The van der Waals surface area contributed by atoms with E-state index in [9.17, 15) is 4.79 Å². The first-order valence-corrected chi connectivity index (χ1v) is 7.81. The van der Waals surface area contributed by atoms with Crippen LogP contribution < -0.4 is 10.6 Å². The van der Waals surface area contributed by atoms with Gasteiger partial charge >= 0.3 is 0 Å². The van der Waals surface area contributed by atoms with Gasteiger partial charge in [0.05, 0.1) is 6.04 Å². The van der Waals surface area contributed by atoms with E-state index in [0.29, 0.717) is 5.92 Å². The molecule has 1 heterocycles. The maximum atomic E-state index is 12.4. The van der Waals surface area contributed by atoms with Gasteiger partial charge < -0.3 is 10.6 Å². The fourth-order valence-electron chi connectivity index (χ4n) is 3.83. The third-order valence-corrected chi connectivity index (χ3v) is 4.80. The summed E-state index contributed by atoms with van der Waals surface area (Å²) in [6.45, 7) is 3.11. The van der Waals surface area contributed by atoms with E-state index in [1.54, 1.807) is 0 Å². The Bertz CT molecular complexity index is 459. The van der Waals surface area contributed by atoms with Crippen LogP contribution in [0.3, 0.4) is 0 Å². The summed E-state index contributed by atoms with van der Waals surface area (Å²) in [5, 5.41) is 6.60. The first-order chi connectivity index (χ1) is 9.74. The van der Waals surface area contributed by atoms with Crippen molar-refractivity contribution in [3.63, 3.8) is 0 Å². The molecule has 3 nitrogen and oxygen atoms in total. The number of carbonyl (C=O) groups excluding carboxylic acids is 1. The summed E-state index contributed by atoms with van der Waals surface area (Å²) in [6.07, 6.45) is 4.69. The van der Waals surface area contributed by atoms with Gasteiger partial charge in [-0.2, -0.15) is 0 Å². The van der Waals surface area contributed by atoms with Crippen molar-refractivity contribution >= 4 is 5.91 Å². The molecule has 3 rings (SSSR count). The Morgan fingerprint density at radius 2 is 2.15 bits per heavy atom. The Morgan fingerprint density at radius 3 is 2.95 bits per heavy atom. The van der Waals surface area contributed by atoms with Crippen LogP contribution >= 0.6 is 0 Å². The topological polar surface area (TPSA) is 41.1 Å². The van der Waals surface area contributed by atoms with E-state index in [-0.39, 0.29) is 18.0 Å². The minimum Gasteiger partial charge on any atom is -0.352 e. The summed E-state index contributed by atoms with van der Waals surface area (Å²) in [5.41, 5.74) is 1.28. The lowest BCUT2D eigenvalue weighted by Crippen LogP contribution is -2.47. The van der Waals surface area contributed by atoms with E-state index in [2.05, 4.69) is 29.7 Å². The molecule has 3 heteroatoms. The van der Waals surface area contributed by atoms with Crippen LogP contribution in [0.25, 0.3) is 0 Å². The molecule has 1 aromatic carbocycles. The number of hydrogen-bond donors (Lipinski definition) is 2.